The van der Waals surface area contributed by atoms with Crippen molar-refractivity contribution in [3.05, 3.63) is 89.7 Å². The van der Waals surface area contributed by atoms with E-state index >= 15 is 0 Å². The van der Waals surface area contributed by atoms with Crippen molar-refractivity contribution in [1.82, 2.24) is 9.55 Å². The maximum Gasteiger partial charge on any atom is 0.161 e. The molecule has 3 aromatic carbocycles. The molecule has 0 amide bonds. The first-order chi connectivity index (χ1) is 14.7. The predicted octanol–water partition coefficient (Wildman–Crippen LogP) is 4.38. The molecule has 0 saturated carbocycles. The fraction of sp³-hybridized carbons (Fsp3) is 0.240. The van der Waals surface area contributed by atoms with Crippen LogP contribution in [-0.4, -0.2) is 34.5 Å². The second kappa shape index (κ2) is 9.01. The van der Waals surface area contributed by atoms with E-state index in [1.807, 2.05) is 60.7 Å². The van der Waals surface area contributed by atoms with Crippen molar-refractivity contribution in [2.45, 2.75) is 26.0 Å². The Morgan fingerprint density at radius 2 is 1.63 bits per heavy atom. The quantitative estimate of drug-likeness (QED) is 0.475. The standard InChI is InChI=1S/C25H26N2O3/c1-18-9-3-4-10-19(18)15-25-26-21-11-5-6-12-22(21)27(25)16-20(28)17-30-24-14-8-7-13-23(24)29-2/h3-14,20,28H,15-17H2,1-2H3/t20-/m0/s1. The summed E-state index contributed by atoms with van der Waals surface area (Å²) in [5, 5.41) is 10.7. The fourth-order valence-electron chi connectivity index (χ4n) is 3.63. The van der Waals surface area contributed by atoms with Crippen molar-refractivity contribution in [2.24, 2.45) is 0 Å². The molecule has 1 atom stereocenters. The van der Waals surface area contributed by atoms with Gasteiger partial charge >= 0.3 is 0 Å². The number of nitrogens with zero attached hydrogens (tertiary/aromatic N) is 2. The van der Waals surface area contributed by atoms with Crippen molar-refractivity contribution >= 4 is 11.0 Å². The van der Waals surface area contributed by atoms with Gasteiger partial charge in [-0.05, 0) is 42.3 Å². The van der Waals surface area contributed by atoms with Crippen molar-refractivity contribution in [1.29, 1.82) is 0 Å². The Bertz CT molecular complexity index is 1140. The molecule has 0 unspecified atom stereocenters. The lowest BCUT2D eigenvalue weighted by Crippen LogP contribution is -2.24. The molecule has 0 spiro atoms. The van der Waals surface area contributed by atoms with E-state index in [0.717, 1.165) is 16.9 Å². The van der Waals surface area contributed by atoms with Crippen LogP contribution in [0.25, 0.3) is 11.0 Å². The molecule has 0 fully saturated rings. The number of para-hydroxylation sites is 4. The number of aromatic nitrogens is 2. The molecule has 1 aromatic heterocycles. The number of methoxy groups -OCH3 is 1. The van der Waals surface area contributed by atoms with Crippen molar-refractivity contribution in [2.75, 3.05) is 13.7 Å². The summed E-state index contributed by atoms with van der Waals surface area (Å²) < 4.78 is 13.2. The number of hydrogen-bond donors (Lipinski definition) is 1. The molecule has 0 bridgehead atoms. The lowest BCUT2D eigenvalue weighted by molar-refractivity contribution is 0.0913. The molecule has 30 heavy (non-hydrogen) atoms. The summed E-state index contributed by atoms with van der Waals surface area (Å²) in [7, 11) is 1.61. The van der Waals surface area contributed by atoms with Gasteiger partial charge in [-0.15, -0.1) is 0 Å². The number of ether oxygens (including phenoxy) is 2. The molecule has 1 N–H and O–H groups in total. The van der Waals surface area contributed by atoms with Crippen LogP contribution in [0.15, 0.2) is 72.8 Å². The topological polar surface area (TPSA) is 56.5 Å². The van der Waals surface area contributed by atoms with E-state index in [0.29, 0.717) is 24.5 Å². The molecule has 0 saturated heterocycles. The normalized spacial score (nSPS) is 12.1. The Hall–Kier alpha value is -3.31. The minimum Gasteiger partial charge on any atom is -0.493 e. The molecule has 5 nitrogen and oxygen atoms in total. The van der Waals surface area contributed by atoms with Gasteiger partial charge in [-0.2, -0.15) is 0 Å². The zero-order chi connectivity index (χ0) is 20.9. The third-order valence-electron chi connectivity index (χ3n) is 5.24. The number of aryl methyl sites for hydroxylation is 1. The molecule has 0 aliphatic carbocycles. The van der Waals surface area contributed by atoms with E-state index in [1.54, 1.807) is 7.11 Å². The Morgan fingerprint density at radius 3 is 2.43 bits per heavy atom. The zero-order valence-corrected chi connectivity index (χ0v) is 17.3. The number of aliphatic hydroxyl groups is 1. The lowest BCUT2D eigenvalue weighted by atomic mass is 10.1. The van der Waals surface area contributed by atoms with E-state index in [-0.39, 0.29) is 6.61 Å². The Labute approximate surface area is 176 Å². The van der Waals surface area contributed by atoms with Gasteiger partial charge in [0.15, 0.2) is 11.5 Å². The highest BCUT2D eigenvalue weighted by molar-refractivity contribution is 5.76. The van der Waals surface area contributed by atoms with E-state index < -0.39 is 6.10 Å². The second-order valence-electron chi connectivity index (χ2n) is 7.35. The smallest absolute Gasteiger partial charge is 0.161 e. The van der Waals surface area contributed by atoms with Crippen LogP contribution >= 0.6 is 0 Å². The third-order valence-corrected chi connectivity index (χ3v) is 5.24. The first-order valence-corrected chi connectivity index (χ1v) is 10.1. The number of aliphatic hydroxyl groups excluding tert-OH is 1. The summed E-state index contributed by atoms with van der Waals surface area (Å²) in [6, 6.07) is 23.8. The summed E-state index contributed by atoms with van der Waals surface area (Å²) >= 11 is 0. The first kappa shape index (κ1) is 20.0. The van der Waals surface area contributed by atoms with E-state index in [1.165, 1.54) is 11.1 Å². The lowest BCUT2D eigenvalue weighted by Gasteiger charge is -2.17. The van der Waals surface area contributed by atoms with Gasteiger partial charge in [-0.1, -0.05) is 48.5 Å². The van der Waals surface area contributed by atoms with Crippen LogP contribution in [0.2, 0.25) is 0 Å². The largest absolute Gasteiger partial charge is 0.493 e. The minimum absolute atomic E-state index is 0.163. The number of fused-ring (bicyclic) bond motifs is 1. The van der Waals surface area contributed by atoms with Gasteiger partial charge in [0, 0.05) is 6.42 Å². The van der Waals surface area contributed by atoms with Crippen molar-refractivity contribution in [3.63, 3.8) is 0 Å². The highest BCUT2D eigenvalue weighted by Crippen LogP contribution is 2.26. The summed E-state index contributed by atoms with van der Waals surface area (Å²) in [5.74, 6) is 2.20. The molecule has 5 heteroatoms. The summed E-state index contributed by atoms with van der Waals surface area (Å²) in [6.45, 7) is 2.67. The average molecular weight is 402 g/mol. The predicted molar refractivity (Wildman–Crippen MR) is 118 cm³/mol. The minimum atomic E-state index is -0.692. The van der Waals surface area contributed by atoms with Gasteiger partial charge < -0.3 is 19.1 Å². The summed E-state index contributed by atoms with van der Waals surface area (Å²) in [5.41, 5.74) is 4.40. The summed E-state index contributed by atoms with van der Waals surface area (Å²) in [4.78, 5) is 4.84. The first-order valence-electron chi connectivity index (χ1n) is 10.1. The van der Waals surface area contributed by atoms with Gasteiger partial charge in [-0.3, -0.25) is 0 Å². The van der Waals surface area contributed by atoms with Crippen LogP contribution in [0, 0.1) is 6.92 Å². The molecular weight excluding hydrogens is 376 g/mol. The number of benzene rings is 3. The van der Waals surface area contributed by atoms with Gasteiger partial charge in [0.2, 0.25) is 0 Å². The molecule has 0 aliphatic rings. The monoisotopic (exact) mass is 402 g/mol. The number of hydrogen-bond acceptors (Lipinski definition) is 4. The number of imidazole rings is 1. The SMILES string of the molecule is COc1ccccc1OC[C@@H](O)Cn1c(Cc2ccccc2C)nc2ccccc21. The van der Waals surface area contributed by atoms with Gasteiger partial charge in [0.05, 0.1) is 24.7 Å². The maximum absolute atomic E-state index is 10.7. The zero-order valence-electron chi connectivity index (χ0n) is 17.3. The van der Waals surface area contributed by atoms with Crippen LogP contribution < -0.4 is 9.47 Å². The van der Waals surface area contributed by atoms with E-state index in [9.17, 15) is 5.11 Å². The molecule has 0 radical (unpaired) electrons. The van der Waals surface area contributed by atoms with E-state index in [2.05, 4.69) is 23.6 Å². The Morgan fingerprint density at radius 1 is 0.933 bits per heavy atom. The number of rotatable bonds is 8. The Kier molecular flexibility index (Phi) is 6.00. The van der Waals surface area contributed by atoms with Crippen LogP contribution in [0.4, 0.5) is 0 Å². The second-order valence-corrected chi connectivity index (χ2v) is 7.35. The van der Waals surface area contributed by atoms with Crippen molar-refractivity contribution in [3.8, 4) is 11.5 Å². The van der Waals surface area contributed by atoms with Crippen molar-refractivity contribution < 1.29 is 14.6 Å². The summed E-state index contributed by atoms with van der Waals surface area (Å²) in [6.07, 6.45) is 0.0182. The highest BCUT2D eigenvalue weighted by atomic mass is 16.5. The molecular formula is C25H26N2O3. The van der Waals surface area contributed by atoms with Gasteiger partial charge in [0.25, 0.3) is 0 Å². The van der Waals surface area contributed by atoms with Gasteiger partial charge in [-0.25, -0.2) is 4.98 Å². The average Bonchev–Trinajstić information content (AvgIpc) is 3.11. The molecule has 154 valence electrons. The molecule has 1 heterocycles. The third kappa shape index (κ3) is 4.31. The molecule has 4 rings (SSSR count). The fourth-order valence-corrected chi connectivity index (χ4v) is 3.63. The molecule has 4 aromatic rings. The van der Waals surface area contributed by atoms with Crippen LogP contribution in [0.1, 0.15) is 17.0 Å². The van der Waals surface area contributed by atoms with Crippen LogP contribution in [0.3, 0.4) is 0 Å². The van der Waals surface area contributed by atoms with Crippen LogP contribution in [-0.2, 0) is 13.0 Å². The van der Waals surface area contributed by atoms with E-state index in [4.69, 9.17) is 14.5 Å². The maximum atomic E-state index is 10.7. The highest BCUT2D eigenvalue weighted by Gasteiger charge is 2.16. The molecule has 0 aliphatic heterocycles. The van der Waals surface area contributed by atoms with Crippen LogP contribution in [0.5, 0.6) is 11.5 Å². The van der Waals surface area contributed by atoms with Gasteiger partial charge in [0.1, 0.15) is 18.5 Å². The Balaban J connectivity index is 1.56.